The summed E-state index contributed by atoms with van der Waals surface area (Å²) in [6, 6.07) is 9.46. The molecule has 2 N–H and O–H groups in total. The van der Waals surface area contributed by atoms with E-state index in [4.69, 9.17) is 9.15 Å². The molecular weight excluding hydrogens is 410 g/mol. The molecule has 32 heavy (non-hydrogen) atoms. The predicted molar refractivity (Wildman–Crippen MR) is 119 cm³/mol. The van der Waals surface area contributed by atoms with Crippen molar-refractivity contribution < 1.29 is 23.5 Å². The van der Waals surface area contributed by atoms with Gasteiger partial charge in [-0.1, -0.05) is 13.0 Å². The molecule has 0 aliphatic carbocycles. The van der Waals surface area contributed by atoms with Gasteiger partial charge in [-0.15, -0.1) is 0 Å². The number of piperidine rings is 1. The number of nitrogens with zero attached hydrogens (tertiary/aromatic N) is 1. The van der Waals surface area contributed by atoms with Crippen LogP contribution in [0, 0.1) is 5.92 Å². The van der Waals surface area contributed by atoms with Gasteiger partial charge in [0.25, 0.3) is 11.8 Å². The summed E-state index contributed by atoms with van der Waals surface area (Å²) < 4.78 is 10.4. The molecule has 0 unspecified atom stereocenters. The van der Waals surface area contributed by atoms with Crippen LogP contribution in [-0.4, -0.2) is 54.9 Å². The zero-order valence-electron chi connectivity index (χ0n) is 18.8. The number of methoxy groups -OCH3 is 1. The minimum atomic E-state index is -0.691. The molecule has 8 heteroatoms. The fraction of sp³-hybridized carbons (Fsp3) is 0.458. The fourth-order valence-corrected chi connectivity index (χ4v) is 3.81. The number of furan rings is 1. The molecule has 1 fully saturated rings. The molecule has 2 atom stereocenters. The first kappa shape index (κ1) is 23.4. The summed E-state index contributed by atoms with van der Waals surface area (Å²) in [6.45, 7) is 4.91. The molecule has 1 aliphatic heterocycles. The molecule has 172 valence electrons. The van der Waals surface area contributed by atoms with Crippen LogP contribution < -0.4 is 15.4 Å². The molecule has 8 nitrogen and oxygen atoms in total. The van der Waals surface area contributed by atoms with E-state index >= 15 is 0 Å². The maximum absolute atomic E-state index is 13.1. The lowest BCUT2D eigenvalue weighted by atomic mass is 9.88. The van der Waals surface area contributed by atoms with Crippen LogP contribution in [0.1, 0.15) is 54.0 Å². The third kappa shape index (κ3) is 5.69. The molecule has 1 saturated heterocycles. The second-order valence-electron chi connectivity index (χ2n) is 8.11. The highest BCUT2D eigenvalue weighted by atomic mass is 16.5. The van der Waals surface area contributed by atoms with Gasteiger partial charge < -0.3 is 24.7 Å². The van der Waals surface area contributed by atoms with Crippen LogP contribution >= 0.6 is 0 Å². The van der Waals surface area contributed by atoms with Crippen molar-refractivity contribution in [2.45, 2.75) is 45.2 Å². The molecule has 2 aromatic rings. The monoisotopic (exact) mass is 441 g/mol. The van der Waals surface area contributed by atoms with Crippen LogP contribution in [0.25, 0.3) is 0 Å². The molecular formula is C24H31N3O5. The average Bonchev–Trinajstić information content (AvgIpc) is 3.37. The standard InChI is InChI=1S/C24H31N3O5/c1-4-16(2)25-23(29)21(26-22(28)18-7-5-8-19(15-18)31-3)17-10-12-27(13-11-17)24(30)20-9-6-14-32-20/h5-9,14-17,21H,4,10-13H2,1-3H3,(H,25,29)(H,26,28)/t16-,21-/m1/s1. The number of hydrogen-bond acceptors (Lipinski definition) is 5. The third-order valence-electron chi connectivity index (χ3n) is 5.93. The van der Waals surface area contributed by atoms with Gasteiger partial charge in [-0.05, 0) is 62.4 Å². The Balaban J connectivity index is 1.70. The van der Waals surface area contributed by atoms with Crippen molar-refractivity contribution in [3.05, 3.63) is 54.0 Å². The van der Waals surface area contributed by atoms with E-state index in [-0.39, 0.29) is 29.7 Å². The topological polar surface area (TPSA) is 101 Å². The van der Waals surface area contributed by atoms with E-state index in [2.05, 4.69) is 10.6 Å². The first-order valence-electron chi connectivity index (χ1n) is 11.0. The Hall–Kier alpha value is -3.29. The second kappa shape index (κ2) is 10.8. The maximum Gasteiger partial charge on any atom is 0.289 e. The van der Waals surface area contributed by atoms with Crippen molar-refractivity contribution in [3.63, 3.8) is 0 Å². The summed E-state index contributed by atoms with van der Waals surface area (Å²) in [5, 5.41) is 5.92. The number of hydrogen-bond donors (Lipinski definition) is 2. The molecule has 0 spiro atoms. The van der Waals surface area contributed by atoms with Gasteiger partial charge >= 0.3 is 0 Å². The number of likely N-dealkylation sites (tertiary alicyclic amines) is 1. The Labute approximate surface area is 188 Å². The van der Waals surface area contributed by atoms with Crippen molar-refractivity contribution in [1.29, 1.82) is 0 Å². The van der Waals surface area contributed by atoms with E-state index in [0.717, 1.165) is 6.42 Å². The van der Waals surface area contributed by atoms with Gasteiger partial charge in [-0.3, -0.25) is 14.4 Å². The molecule has 0 bridgehead atoms. The Kier molecular flexibility index (Phi) is 7.92. The van der Waals surface area contributed by atoms with E-state index in [1.54, 1.807) is 41.3 Å². The summed E-state index contributed by atoms with van der Waals surface area (Å²) in [5.74, 6) is 0.0984. The summed E-state index contributed by atoms with van der Waals surface area (Å²) in [7, 11) is 1.54. The zero-order valence-corrected chi connectivity index (χ0v) is 18.8. The molecule has 3 rings (SSSR count). The molecule has 0 radical (unpaired) electrons. The zero-order chi connectivity index (χ0) is 23.1. The predicted octanol–water partition coefficient (Wildman–Crippen LogP) is 2.85. The van der Waals surface area contributed by atoms with Crippen LogP contribution in [-0.2, 0) is 4.79 Å². The highest BCUT2D eigenvalue weighted by Gasteiger charge is 2.35. The van der Waals surface area contributed by atoms with Crippen LogP contribution in [0.4, 0.5) is 0 Å². The largest absolute Gasteiger partial charge is 0.497 e. The smallest absolute Gasteiger partial charge is 0.289 e. The second-order valence-corrected chi connectivity index (χ2v) is 8.11. The van der Waals surface area contributed by atoms with Crippen LogP contribution in [0.5, 0.6) is 5.75 Å². The van der Waals surface area contributed by atoms with Gasteiger partial charge in [0.05, 0.1) is 13.4 Å². The van der Waals surface area contributed by atoms with Crippen LogP contribution in [0.3, 0.4) is 0 Å². The van der Waals surface area contributed by atoms with E-state index in [1.807, 2.05) is 13.8 Å². The van der Waals surface area contributed by atoms with Crippen molar-refractivity contribution in [3.8, 4) is 5.75 Å². The van der Waals surface area contributed by atoms with Crippen molar-refractivity contribution in [1.82, 2.24) is 15.5 Å². The first-order chi connectivity index (χ1) is 15.4. The number of amides is 3. The number of nitrogens with one attached hydrogen (secondary N) is 2. The lowest BCUT2D eigenvalue weighted by molar-refractivity contribution is -0.125. The van der Waals surface area contributed by atoms with Gasteiger partial charge in [0, 0.05) is 24.7 Å². The van der Waals surface area contributed by atoms with Crippen LogP contribution in [0.2, 0.25) is 0 Å². The molecule has 0 saturated carbocycles. The molecule has 1 aliphatic rings. The highest BCUT2D eigenvalue weighted by Crippen LogP contribution is 2.23. The minimum Gasteiger partial charge on any atom is -0.497 e. The van der Waals surface area contributed by atoms with Gasteiger partial charge in [-0.2, -0.15) is 0 Å². The Morgan fingerprint density at radius 1 is 1.16 bits per heavy atom. The molecule has 2 heterocycles. The molecule has 1 aromatic heterocycles. The Morgan fingerprint density at radius 2 is 1.91 bits per heavy atom. The quantitative estimate of drug-likeness (QED) is 0.656. The SMILES string of the molecule is CC[C@@H](C)NC(=O)[C@H](NC(=O)c1cccc(OC)c1)C1CCN(C(=O)c2ccco2)CC1. The first-order valence-corrected chi connectivity index (χ1v) is 11.0. The number of rotatable bonds is 8. The van der Waals surface area contributed by atoms with Gasteiger partial charge in [0.2, 0.25) is 5.91 Å². The molecule has 1 aromatic carbocycles. The fourth-order valence-electron chi connectivity index (χ4n) is 3.81. The average molecular weight is 442 g/mol. The normalized spacial score (nSPS) is 16.2. The van der Waals surface area contributed by atoms with E-state index in [1.165, 1.54) is 13.4 Å². The Bertz CT molecular complexity index is 919. The summed E-state index contributed by atoms with van der Waals surface area (Å²) in [4.78, 5) is 40.3. The van der Waals surface area contributed by atoms with Crippen molar-refractivity contribution >= 4 is 17.7 Å². The minimum absolute atomic E-state index is 0.000610. The van der Waals surface area contributed by atoms with E-state index in [0.29, 0.717) is 43.0 Å². The summed E-state index contributed by atoms with van der Waals surface area (Å²) in [5.41, 5.74) is 0.427. The molecule has 3 amide bonds. The van der Waals surface area contributed by atoms with Crippen molar-refractivity contribution in [2.75, 3.05) is 20.2 Å². The summed E-state index contributed by atoms with van der Waals surface area (Å²) >= 11 is 0. The van der Waals surface area contributed by atoms with Crippen molar-refractivity contribution in [2.24, 2.45) is 5.92 Å². The number of ether oxygens (including phenoxy) is 1. The summed E-state index contributed by atoms with van der Waals surface area (Å²) in [6.07, 6.45) is 3.47. The number of benzene rings is 1. The highest BCUT2D eigenvalue weighted by molar-refractivity contribution is 5.98. The van der Waals surface area contributed by atoms with Crippen LogP contribution in [0.15, 0.2) is 47.1 Å². The van der Waals surface area contributed by atoms with E-state index in [9.17, 15) is 14.4 Å². The maximum atomic E-state index is 13.1. The van der Waals surface area contributed by atoms with E-state index < -0.39 is 6.04 Å². The Morgan fingerprint density at radius 3 is 2.53 bits per heavy atom. The third-order valence-corrected chi connectivity index (χ3v) is 5.93. The lowest BCUT2D eigenvalue weighted by Gasteiger charge is -2.35. The van der Waals surface area contributed by atoms with Gasteiger partial charge in [0.15, 0.2) is 5.76 Å². The number of carbonyl (C=O) groups is 3. The van der Waals surface area contributed by atoms with Gasteiger partial charge in [-0.25, -0.2) is 0 Å². The lowest BCUT2D eigenvalue weighted by Crippen LogP contribution is -2.55. The van der Waals surface area contributed by atoms with Gasteiger partial charge in [0.1, 0.15) is 11.8 Å². The number of carbonyl (C=O) groups excluding carboxylic acids is 3.